The van der Waals surface area contributed by atoms with E-state index in [0.29, 0.717) is 4.90 Å². The zero-order valence-electron chi connectivity index (χ0n) is 8.19. The highest BCUT2D eigenvalue weighted by atomic mass is 32.2. The molecule has 1 atom stereocenters. The largest absolute Gasteiger partial charge is 0.312 e. The molecule has 14 heavy (non-hydrogen) atoms. The van der Waals surface area contributed by atoms with Crippen LogP contribution in [0.4, 0.5) is 0 Å². The van der Waals surface area contributed by atoms with Gasteiger partial charge in [0.1, 0.15) is 0 Å². The van der Waals surface area contributed by atoms with Crippen LogP contribution in [-0.4, -0.2) is 21.7 Å². The molecule has 0 spiro atoms. The van der Waals surface area contributed by atoms with Crippen molar-refractivity contribution in [1.29, 1.82) is 0 Å². The molecule has 1 aromatic rings. The second-order valence-electron chi connectivity index (χ2n) is 3.11. The van der Waals surface area contributed by atoms with E-state index in [1.54, 1.807) is 31.3 Å². The van der Waals surface area contributed by atoms with E-state index in [-0.39, 0.29) is 6.17 Å². The van der Waals surface area contributed by atoms with Crippen LogP contribution >= 0.6 is 0 Å². The average Bonchev–Trinajstić information content (AvgIpc) is 2.15. The van der Waals surface area contributed by atoms with Crippen LogP contribution in [0.2, 0.25) is 0 Å². The summed E-state index contributed by atoms with van der Waals surface area (Å²) in [4.78, 5) is 0.310. The Hall–Kier alpha value is -0.910. The molecule has 0 saturated carbocycles. The summed E-state index contributed by atoms with van der Waals surface area (Å²) < 4.78 is 22.3. The Balaban J connectivity index is 3.01. The molecule has 0 bridgehead atoms. The molecular weight excluding hydrogens is 200 g/mol. The first kappa shape index (κ1) is 11.2. The molecule has 0 aliphatic rings. The Bertz CT molecular complexity index is 397. The summed E-state index contributed by atoms with van der Waals surface area (Å²) in [5.41, 5.74) is 6.55. The van der Waals surface area contributed by atoms with E-state index in [4.69, 9.17) is 5.73 Å². The maximum Gasteiger partial charge on any atom is 0.175 e. The minimum Gasteiger partial charge on any atom is -0.312 e. The molecule has 1 rings (SSSR count). The van der Waals surface area contributed by atoms with Gasteiger partial charge in [-0.2, -0.15) is 0 Å². The number of nitrogens with two attached hydrogens (primary N) is 1. The van der Waals surface area contributed by atoms with Crippen LogP contribution < -0.4 is 11.1 Å². The molecule has 1 unspecified atom stereocenters. The summed E-state index contributed by atoms with van der Waals surface area (Å²) in [7, 11) is -1.37. The smallest absolute Gasteiger partial charge is 0.175 e. The number of rotatable bonds is 3. The Morgan fingerprint density at radius 3 is 2.14 bits per heavy atom. The first-order valence-electron chi connectivity index (χ1n) is 4.18. The van der Waals surface area contributed by atoms with E-state index in [0.717, 1.165) is 5.56 Å². The van der Waals surface area contributed by atoms with Gasteiger partial charge in [-0.3, -0.25) is 0 Å². The predicted octanol–water partition coefficient (Wildman–Crippen LogP) is 0.267. The van der Waals surface area contributed by atoms with Crippen molar-refractivity contribution in [3.05, 3.63) is 29.8 Å². The van der Waals surface area contributed by atoms with Crippen molar-refractivity contribution in [3.63, 3.8) is 0 Å². The van der Waals surface area contributed by atoms with Crippen molar-refractivity contribution in [2.75, 3.05) is 13.3 Å². The molecule has 5 heteroatoms. The van der Waals surface area contributed by atoms with Gasteiger partial charge in [0, 0.05) is 6.26 Å². The fraction of sp³-hybridized carbons (Fsp3) is 0.333. The molecule has 4 nitrogen and oxygen atoms in total. The number of benzene rings is 1. The van der Waals surface area contributed by atoms with Crippen molar-refractivity contribution < 1.29 is 8.42 Å². The first-order valence-corrected chi connectivity index (χ1v) is 6.07. The number of hydrogen-bond acceptors (Lipinski definition) is 4. The van der Waals surface area contributed by atoms with E-state index in [9.17, 15) is 8.42 Å². The summed E-state index contributed by atoms with van der Waals surface area (Å²) >= 11 is 0. The SMILES string of the molecule is CNC(N)c1ccc(S(C)(=O)=O)cc1. The molecule has 0 amide bonds. The van der Waals surface area contributed by atoms with Gasteiger partial charge >= 0.3 is 0 Å². The molecule has 78 valence electrons. The quantitative estimate of drug-likeness (QED) is 0.708. The van der Waals surface area contributed by atoms with Gasteiger partial charge in [0.05, 0.1) is 11.1 Å². The lowest BCUT2D eigenvalue weighted by molar-refractivity contribution is 0.601. The lowest BCUT2D eigenvalue weighted by Crippen LogP contribution is -2.24. The minimum atomic E-state index is -3.11. The van der Waals surface area contributed by atoms with Gasteiger partial charge in [0.25, 0.3) is 0 Å². The molecule has 0 aromatic heterocycles. The molecule has 0 saturated heterocycles. The first-order chi connectivity index (χ1) is 6.45. The van der Waals surface area contributed by atoms with Crippen LogP contribution in [0.5, 0.6) is 0 Å². The van der Waals surface area contributed by atoms with Crippen molar-refractivity contribution in [3.8, 4) is 0 Å². The lowest BCUT2D eigenvalue weighted by Gasteiger charge is -2.10. The van der Waals surface area contributed by atoms with E-state index in [1.165, 1.54) is 6.26 Å². The topological polar surface area (TPSA) is 72.2 Å². The number of sulfone groups is 1. The third-order valence-corrected chi connectivity index (χ3v) is 3.11. The summed E-state index contributed by atoms with van der Waals surface area (Å²) in [6.07, 6.45) is 0.920. The van der Waals surface area contributed by atoms with Crippen LogP contribution in [0.15, 0.2) is 29.2 Å². The van der Waals surface area contributed by atoms with Crippen LogP contribution in [0, 0.1) is 0 Å². The third kappa shape index (κ3) is 2.54. The Morgan fingerprint density at radius 2 is 1.79 bits per heavy atom. The van der Waals surface area contributed by atoms with E-state index >= 15 is 0 Å². The highest BCUT2D eigenvalue weighted by molar-refractivity contribution is 7.90. The van der Waals surface area contributed by atoms with Gasteiger partial charge < -0.3 is 11.1 Å². The Kier molecular flexibility index (Phi) is 3.25. The van der Waals surface area contributed by atoms with Crippen molar-refractivity contribution >= 4 is 9.84 Å². The van der Waals surface area contributed by atoms with Crippen molar-refractivity contribution in [2.45, 2.75) is 11.1 Å². The molecule has 0 heterocycles. The van der Waals surface area contributed by atoms with Crippen molar-refractivity contribution in [2.24, 2.45) is 5.73 Å². The van der Waals surface area contributed by atoms with Crippen LogP contribution in [0.1, 0.15) is 11.7 Å². The summed E-state index contributed by atoms with van der Waals surface area (Å²) in [6, 6.07) is 6.53. The average molecular weight is 214 g/mol. The van der Waals surface area contributed by atoms with Crippen LogP contribution in [-0.2, 0) is 9.84 Å². The molecule has 1 aromatic carbocycles. The fourth-order valence-corrected chi connectivity index (χ4v) is 1.72. The van der Waals surface area contributed by atoms with E-state index < -0.39 is 9.84 Å². The summed E-state index contributed by atoms with van der Waals surface area (Å²) in [5, 5.41) is 2.87. The summed E-state index contributed by atoms with van der Waals surface area (Å²) in [5.74, 6) is 0. The third-order valence-electron chi connectivity index (χ3n) is 1.98. The normalized spacial score (nSPS) is 13.9. The fourth-order valence-electron chi connectivity index (χ4n) is 1.09. The molecule has 3 N–H and O–H groups in total. The Labute approximate surface area is 84.0 Å². The summed E-state index contributed by atoms with van der Waals surface area (Å²) in [6.45, 7) is 0. The number of hydrogen-bond donors (Lipinski definition) is 2. The molecule has 0 fully saturated rings. The molecule has 0 aliphatic carbocycles. The molecular formula is C9H14N2O2S. The number of nitrogens with one attached hydrogen (secondary N) is 1. The van der Waals surface area contributed by atoms with E-state index in [2.05, 4.69) is 5.32 Å². The van der Waals surface area contributed by atoms with Crippen LogP contribution in [0.3, 0.4) is 0 Å². The second kappa shape index (κ2) is 4.08. The molecule has 0 radical (unpaired) electrons. The van der Waals surface area contributed by atoms with Gasteiger partial charge in [0.15, 0.2) is 9.84 Å². The van der Waals surface area contributed by atoms with Crippen LogP contribution in [0.25, 0.3) is 0 Å². The highest BCUT2D eigenvalue weighted by Crippen LogP contribution is 2.12. The Morgan fingerprint density at radius 1 is 1.29 bits per heavy atom. The maximum atomic E-state index is 11.1. The second-order valence-corrected chi connectivity index (χ2v) is 5.12. The van der Waals surface area contributed by atoms with Gasteiger partial charge in [-0.25, -0.2) is 8.42 Å². The lowest BCUT2D eigenvalue weighted by atomic mass is 10.2. The highest BCUT2D eigenvalue weighted by Gasteiger charge is 2.07. The standard InChI is InChI=1S/C9H14N2O2S/c1-11-9(10)7-3-5-8(6-4-7)14(2,12)13/h3-6,9,11H,10H2,1-2H3. The monoisotopic (exact) mass is 214 g/mol. The zero-order chi connectivity index (χ0) is 10.8. The van der Waals surface area contributed by atoms with Gasteiger partial charge in [-0.15, -0.1) is 0 Å². The zero-order valence-corrected chi connectivity index (χ0v) is 9.01. The maximum absolute atomic E-state index is 11.1. The van der Waals surface area contributed by atoms with Gasteiger partial charge in [-0.05, 0) is 24.7 Å². The minimum absolute atomic E-state index is 0.261. The van der Waals surface area contributed by atoms with Crippen molar-refractivity contribution in [1.82, 2.24) is 5.32 Å². The van der Waals surface area contributed by atoms with Gasteiger partial charge in [-0.1, -0.05) is 12.1 Å². The van der Waals surface area contributed by atoms with Gasteiger partial charge in [0.2, 0.25) is 0 Å². The molecule has 0 aliphatic heterocycles. The van der Waals surface area contributed by atoms with E-state index in [1.807, 2.05) is 0 Å². The predicted molar refractivity (Wildman–Crippen MR) is 55.5 cm³/mol.